The molecule has 0 aromatic heterocycles. The van der Waals surface area contributed by atoms with Crippen molar-refractivity contribution >= 4 is 31.5 Å². The molecule has 30 heavy (non-hydrogen) atoms. The number of amidine groups is 1. The third kappa shape index (κ3) is 5.61. The Balaban J connectivity index is 0.00000101. The van der Waals surface area contributed by atoms with Gasteiger partial charge in [0.05, 0.1) is 11.7 Å². The molecular weight excluding hydrogens is 397 g/mol. The maximum absolute atomic E-state index is 13.3. The van der Waals surface area contributed by atoms with Gasteiger partial charge in [0.25, 0.3) is 5.91 Å². The van der Waals surface area contributed by atoms with E-state index in [1.807, 2.05) is 29.2 Å². The SMILES string of the molecule is CC(C)(C)CCN1C(=O)C(C2=Nc3ccccc3PN2)=C(O)C1C(C)(C)C.CCO. The minimum Gasteiger partial charge on any atom is -0.509 e. The topological polar surface area (TPSA) is 85.2 Å². The van der Waals surface area contributed by atoms with Gasteiger partial charge in [-0.05, 0) is 30.2 Å². The number of para-hydroxylation sites is 1. The van der Waals surface area contributed by atoms with E-state index in [4.69, 9.17) is 5.11 Å². The zero-order chi connectivity index (χ0) is 22.7. The molecule has 3 N–H and O–H groups in total. The molecule has 0 bridgehead atoms. The number of aliphatic hydroxyl groups is 2. The summed E-state index contributed by atoms with van der Waals surface area (Å²) in [5.41, 5.74) is 1.03. The lowest BCUT2D eigenvalue weighted by atomic mass is 9.84. The van der Waals surface area contributed by atoms with Crippen LogP contribution in [0.15, 0.2) is 40.6 Å². The average molecular weight is 434 g/mol. The molecule has 0 radical (unpaired) electrons. The molecule has 2 aliphatic rings. The lowest BCUT2D eigenvalue weighted by molar-refractivity contribution is -0.128. The number of fused-ring (bicyclic) bond motifs is 1. The third-order valence-corrected chi connectivity index (χ3v) is 5.97. The van der Waals surface area contributed by atoms with E-state index in [0.29, 0.717) is 26.7 Å². The first kappa shape index (κ1) is 24.4. The van der Waals surface area contributed by atoms with Crippen molar-refractivity contribution in [2.45, 2.75) is 60.9 Å². The van der Waals surface area contributed by atoms with Crippen LogP contribution in [0.4, 0.5) is 5.69 Å². The number of carbonyl (C=O) groups excluding carboxylic acids is 1. The van der Waals surface area contributed by atoms with Gasteiger partial charge in [0.2, 0.25) is 0 Å². The van der Waals surface area contributed by atoms with Gasteiger partial charge in [-0.2, -0.15) is 0 Å². The van der Waals surface area contributed by atoms with Crippen molar-refractivity contribution in [2.75, 3.05) is 13.2 Å². The summed E-state index contributed by atoms with van der Waals surface area (Å²) in [7, 11) is 0.325. The van der Waals surface area contributed by atoms with Crippen LogP contribution in [0.2, 0.25) is 0 Å². The largest absolute Gasteiger partial charge is 0.509 e. The van der Waals surface area contributed by atoms with Crippen molar-refractivity contribution < 1.29 is 15.0 Å². The van der Waals surface area contributed by atoms with Gasteiger partial charge < -0.3 is 20.2 Å². The van der Waals surface area contributed by atoms with Crippen LogP contribution in [-0.4, -0.2) is 46.0 Å². The van der Waals surface area contributed by atoms with Crippen LogP contribution in [0.5, 0.6) is 0 Å². The van der Waals surface area contributed by atoms with E-state index in [2.05, 4.69) is 51.6 Å². The summed E-state index contributed by atoms with van der Waals surface area (Å²) in [5.74, 6) is 0.492. The fraction of sp³-hybridized carbons (Fsp3) is 0.565. The summed E-state index contributed by atoms with van der Waals surface area (Å²) in [6.45, 7) is 15.2. The fourth-order valence-electron chi connectivity index (χ4n) is 3.51. The highest BCUT2D eigenvalue weighted by Crippen LogP contribution is 2.38. The van der Waals surface area contributed by atoms with Crippen molar-refractivity contribution in [3.8, 4) is 0 Å². The normalized spacial score (nSPS) is 19.9. The van der Waals surface area contributed by atoms with Crippen molar-refractivity contribution in [3.05, 3.63) is 35.6 Å². The molecule has 1 amide bonds. The summed E-state index contributed by atoms with van der Waals surface area (Å²) in [5, 5.41) is 23.0. The standard InChI is InChI=1S/C21H30N3O2P.C2H6O/c1-20(2,3)11-12-24-17(21(4,5)6)16(25)15(19(24)26)18-22-13-9-7-8-10-14(13)27-23-18;1-2-3/h7-10,17,25,27H,11-12H2,1-6H3,(H,22,23);3H,2H2,1H3. The van der Waals surface area contributed by atoms with Crippen molar-refractivity contribution in [1.29, 1.82) is 0 Å². The Bertz CT molecular complexity index is 835. The van der Waals surface area contributed by atoms with E-state index >= 15 is 0 Å². The zero-order valence-electron chi connectivity index (χ0n) is 19.2. The summed E-state index contributed by atoms with van der Waals surface area (Å²) >= 11 is 0. The van der Waals surface area contributed by atoms with Crippen LogP contribution in [0.3, 0.4) is 0 Å². The van der Waals surface area contributed by atoms with Crippen molar-refractivity contribution in [2.24, 2.45) is 15.8 Å². The molecule has 2 atom stereocenters. The number of benzene rings is 1. The highest BCUT2D eigenvalue weighted by atomic mass is 31.1. The van der Waals surface area contributed by atoms with Gasteiger partial charge in [-0.3, -0.25) is 4.79 Å². The summed E-state index contributed by atoms with van der Waals surface area (Å²) in [4.78, 5) is 19.7. The molecule has 1 aromatic carbocycles. The van der Waals surface area contributed by atoms with Crippen LogP contribution in [-0.2, 0) is 4.79 Å². The summed E-state index contributed by atoms with van der Waals surface area (Å²) < 4.78 is 0. The number of nitrogens with zero attached hydrogens (tertiary/aromatic N) is 2. The Hall–Kier alpha value is -1.91. The molecule has 6 nitrogen and oxygen atoms in total. The monoisotopic (exact) mass is 433 g/mol. The number of aliphatic imine (C=N–C) groups is 1. The summed E-state index contributed by atoms with van der Waals surface area (Å²) in [6, 6.07) is 7.55. The van der Waals surface area contributed by atoms with Gasteiger partial charge in [-0.15, -0.1) is 0 Å². The van der Waals surface area contributed by atoms with Crippen LogP contribution >= 0.6 is 8.73 Å². The maximum atomic E-state index is 13.3. The first-order valence-electron chi connectivity index (χ1n) is 10.5. The number of carbonyl (C=O) groups is 1. The van der Waals surface area contributed by atoms with E-state index in [9.17, 15) is 9.90 Å². The van der Waals surface area contributed by atoms with Gasteiger partial charge in [-0.25, -0.2) is 4.99 Å². The molecule has 2 unspecified atom stereocenters. The second-order valence-corrected chi connectivity index (χ2v) is 10.9. The Morgan fingerprint density at radius 3 is 2.33 bits per heavy atom. The van der Waals surface area contributed by atoms with Crippen LogP contribution < -0.4 is 10.4 Å². The van der Waals surface area contributed by atoms with Gasteiger partial charge in [0.1, 0.15) is 17.2 Å². The van der Waals surface area contributed by atoms with E-state index in [-0.39, 0.29) is 35.1 Å². The Labute approximate surface area is 182 Å². The lowest BCUT2D eigenvalue weighted by Crippen LogP contribution is -2.45. The first-order chi connectivity index (χ1) is 13.9. The van der Waals surface area contributed by atoms with Gasteiger partial charge in [0.15, 0.2) is 0 Å². The number of rotatable bonds is 3. The molecule has 0 saturated heterocycles. The molecular formula is C23H36N3O3P. The number of hydrogen-bond acceptors (Lipinski definition) is 5. The highest BCUT2D eigenvalue weighted by molar-refractivity contribution is 7.46. The smallest absolute Gasteiger partial charge is 0.261 e. The molecule has 1 aromatic rings. The maximum Gasteiger partial charge on any atom is 0.261 e. The minimum atomic E-state index is -0.340. The molecule has 0 saturated carbocycles. The fourth-order valence-corrected chi connectivity index (χ4v) is 4.39. The second kappa shape index (κ2) is 9.49. The van der Waals surface area contributed by atoms with Gasteiger partial charge in [-0.1, -0.05) is 59.7 Å². The van der Waals surface area contributed by atoms with E-state index in [0.717, 1.165) is 17.4 Å². The predicted octanol–water partition coefficient (Wildman–Crippen LogP) is 4.04. The number of nitrogens with one attached hydrogen (secondary N) is 1. The Morgan fingerprint density at radius 2 is 1.77 bits per heavy atom. The quantitative estimate of drug-likeness (QED) is 0.628. The molecule has 2 heterocycles. The molecule has 7 heteroatoms. The van der Waals surface area contributed by atoms with Gasteiger partial charge in [0, 0.05) is 27.2 Å². The van der Waals surface area contributed by atoms with Crippen LogP contribution in [0.25, 0.3) is 0 Å². The lowest BCUT2D eigenvalue weighted by Gasteiger charge is -2.36. The first-order valence-corrected chi connectivity index (χ1v) is 11.5. The molecule has 3 rings (SSSR count). The van der Waals surface area contributed by atoms with E-state index in [1.54, 1.807) is 6.92 Å². The highest BCUT2D eigenvalue weighted by Gasteiger charge is 2.47. The Kier molecular flexibility index (Phi) is 7.70. The minimum absolute atomic E-state index is 0.113. The van der Waals surface area contributed by atoms with Crippen LogP contribution in [0, 0.1) is 10.8 Å². The average Bonchev–Trinajstić information content (AvgIpc) is 2.89. The molecule has 2 aliphatic heterocycles. The van der Waals surface area contributed by atoms with Crippen molar-refractivity contribution in [1.82, 2.24) is 9.99 Å². The molecule has 0 aliphatic carbocycles. The van der Waals surface area contributed by atoms with Crippen LogP contribution in [0.1, 0.15) is 54.9 Å². The van der Waals surface area contributed by atoms with Gasteiger partial charge >= 0.3 is 0 Å². The van der Waals surface area contributed by atoms with E-state index < -0.39 is 0 Å². The summed E-state index contributed by atoms with van der Waals surface area (Å²) in [6.07, 6.45) is 0.871. The van der Waals surface area contributed by atoms with E-state index in [1.165, 1.54) is 0 Å². The Morgan fingerprint density at radius 1 is 1.17 bits per heavy atom. The molecule has 0 fully saturated rings. The second-order valence-electron chi connectivity index (χ2n) is 9.88. The predicted molar refractivity (Wildman–Crippen MR) is 126 cm³/mol. The number of hydrogen-bond donors (Lipinski definition) is 3. The van der Waals surface area contributed by atoms with Crippen molar-refractivity contribution in [3.63, 3.8) is 0 Å². The molecule has 0 spiro atoms. The number of aliphatic hydroxyl groups excluding tert-OH is 2. The number of amides is 1. The third-order valence-electron chi connectivity index (χ3n) is 4.91. The molecule has 166 valence electrons. The zero-order valence-corrected chi connectivity index (χ0v) is 20.2.